The normalized spacial score (nSPS) is 18.7. The molecule has 4 nitrogen and oxygen atoms in total. The first-order valence-electron chi connectivity index (χ1n) is 8.30. The summed E-state index contributed by atoms with van der Waals surface area (Å²) in [5.41, 5.74) is 10.5. The molecule has 1 unspecified atom stereocenters. The first-order valence-corrected chi connectivity index (χ1v) is 8.30. The first kappa shape index (κ1) is 14.4. The van der Waals surface area contributed by atoms with Crippen LogP contribution < -0.4 is 5.73 Å². The van der Waals surface area contributed by atoms with Crippen LogP contribution in [-0.4, -0.2) is 34.0 Å². The molecule has 3 aromatic rings. The molecule has 0 aliphatic carbocycles. The van der Waals surface area contributed by atoms with Gasteiger partial charge in [-0.3, -0.25) is 4.90 Å². The van der Waals surface area contributed by atoms with Crippen LogP contribution in [0.2, 0.25) is 0 Å². The molecule has 118 valence electrons. The van der Waals surface area contributed by atoms with Crippen LogP contribution in [0, 0.1) is 0 Å². The van der Waals surface area contributed by atoms with Crippen molar-refractivity contribution in [3.8, 4) is 11.1 Å². The van der Waals surface area contributed by atoms with E-state index in [4.69, 9.17) is 5.73 Å². The Kier molecular flexibility index (Phi) is 3.85. The molecule has 1 fully saturated rings. The molecule has 3 heterocycles. The topological polar surface area (TPSA) is 57.9 Å². The van der Waals surface area contributed by atoms with Crippen LogP contribution >= 0.6 is 0 Å². The summed E-state index contributed by atoms with van der Waals surface area (Å²) < 4.78 is 0. The predicted octanol–water partition coefficient (Wildman–Crippen LogP) is 3.15. The van der Waals surface area contributed by atoms with E-state index in [1.807, 2.05) is 12.4 Å². The molecule has 0 spiro atoms. The van der Waals surface area contributed by atoms with Gasteiger partial charge in [-0.2, -0.15) is 0 Å². The maximum Gasteiger partial charge on any atom is 0.137 e. The second-order valence-electron chi connectivity index (χ2n) is 6.34. The number of likely N-dealkylation sites (tertiary alicyclic amines) is 1. The van der Waals surface area contributed by atoms with E-state index >= 15 is 0 Å². The number of aromatic nitrogens is 2. The third-order valence-corrected chi connectivity index (χ3v) is 4.84. The molecule has 23 heavy (non-hydrogen) atoms. The quantitative estimate of drug-likeness (QED) is 0.778. The van der Waals surface area contributed by atoms with Crippen molar-refractivity contribution in [1.29, 1.82) is 0 Å². The fraction of sp³-hybridized carbons (Fsp3) is 0.316. The maximum absolute atomic E-state index is 5.86. The fourth-order valence-electron chi connectivity index (χ4n) is 3.51. The maximum atomic E-state index is 5.86. The van der Waals surface area contributed by atoms with Gasteiger partial charge in [0.2, 0.25) is 0 Å². The van der Waals surface area contributed by atoms with E-state index in [1.54, 1.807) is 0 Å². The standard InChI is InChI=1S/C19H22N4/c20-11-18-2-1-9-23(18)13-14-3-5-15(6-4-14)17-10-16-7-8-21-19(16)22-12-17/h3-8,10,12,18H,1-2,9,11,13,20H2,(H,21,22). The van der Waals surface area contributed by atoms with Crippen LogP contribution in [0.15, 0.2) is 48.8 Å². The Hall–Kier alpha value is -2.17. The van der Waals surface area contributed by atoms with Gasteiger partial charge in [-0.05, 0) is 42.6 Å². The van der Waals surface area contributed by atoms with E-state index in [9.17, 15) is 0 Å². The van der Waals surface area contributed by atoms with Crippen molar-refractivity contribution in [3.63, 3.8) is 0 Å². The van der Waals surface area contributed by atoms with E-state index in [0.717, 1.165) is 36.2 Å². The van der Waals surface area contributed by atoms with E-state index in [0.29, 0.717) is 6.04 Å². The highest BCUT2D eigenvalue weighted by Gasteiger charge is 2.22. The number of benzene rings is 1. The molecule has 1 saturated heterocycles. The Morgan fingerprint density at radius 2 is 2.04 bits per heavy atom. The van der Waals surface area contributed by atoms with Gasteiger partial charge in [-0.15, -0.1) is 0 Å². The van der Waals surface area contributed by atoms with Crippen LogP contribution in [0.25, 0.3) is 22.2 Å². The van der Waals surface area contributed by atoms with Crippen molar-refractivity contribution in [2.24, 2.45) is 5.73 Å². The molecule has 2 aromatic heterocycles. The molecular weight excluding hydrogens is 284 g/mol. The van der Waals surface area contributed by atoms with Gasteiger partial charge in [0, 0.05) is 42.5 Å². The van der Waals surface area contributed by atoms with E-state index in [1.165, 1.54) is 24.0 Å². The third-order valence-electron chi connectivity index (χ3n) is 4.84. The van der Waals surface area contributed by atoms with Gasteiger partial charge < -0.3 is 10.7 Å². The van der Waals surface area contributed by atoms with Crippen LogP contribution in [-0.2, 0) is 6.54 Å². The van der Waals surface area contributed by atoms with Crippen molar-refractivity contribution in [2.75, 3.05) is 13.1 Å². The lowest BCUT2D eigenvalue weighted by Gasteiger charge is -2.23. The molecule has 0 radical (unpaired) electrons. The van der Waals surface area contributed by atoms with Gasteiger partial charge in [0.25, 0.3) is 0 Å². The zero-order valence-corrected chi connectivity index (χ0v) is 13.2. The van der Waals surface area contributed by atoms with Gasteiger partial charge >= 0.3 is 0 Å². The molecular formula is C19H22N4. The highest BCUT2D eigenvalue weighted by Crippen LogP contribution is 2.24. The van der Waals surface area contributed by atoms with Crippen molar-refractivity contribution in [1.82, 2.24) is 14.9 Å². The van der Waals surface area contributed by atoms with Crippen molar-refractivity contribution in [2.45, 2.75) is 25.4 Å². The van der Waals surface area contributed by atoms with Crippen LogP contribution in [0.4, 0.5) is 0 Å². The van der Waals surface area contributed by atoms with Gasteiger partial charge in [-0.25, -0.2) is 4.98 Å². The van der Waals surface area contributed by atoms with Gasteiger partial charge in [-0.1, -0.05) is 24.3 Å². The Balaban J connectivity index is 1.53. The second kappa shape index (κ2) is 6.14. The molecule has 0 saturated carbocycles. The van der Waals surface area contributed by atoms with Crippen molar-refractivity contribution < 1.29 is 0 Å². The van der Waals surface area contributed by atoms with Crippen LogP contribution in [0.1, 0.15) is 18.4 Å². The summed E-state index contributed by atoms with van der Waals surface area (Å²) in [6.45, 7) is 2.93. The van der Waals surface area contributed by atoms with E-state index in [-0.39, 0.29) is 0 Å². The largest absolute Gasteiger partial charge is 0.346 e. The number of H-pyrrole nitrogens is 1. The minimum absolute atomic E-state index is 0.551. The molecule has 1 aliphatic rings. The van der Waals surface area contributed by atoms with Gasteiger partial charge in [0.05, 0.1) is 0 Å². The number of nitrogens with zero attached hydrogens (tertiary/aromatic N) is 2. The molecule has 4 heteroatoms. The summed E-state index contributed by atoms with van der Waals surface area (Å²) in [7, 11) is 0. The molecule has 4 rings (SSSR count). The molecule has 1 aromatic carbocycles. The number of hydrogen-bond acceptors (Lipinski definition) is 3. The van der Waals surface area contributed by atoms with Crippen molar-refractivity contribution >= 4 is 11.0 Å². The zero-order valence-electron chi connectivity index (χ0n) is 13.2. The fourth-order valence-corrected chi connectivity index (χ4v) is 3.51. The minimum atomic E-state index is 0.551. The number of nitrogens with two attached hydrogens (primary N) is 1. The zero-order chi connectivity index (χ0) is 15.6. The summed E-state index contributed by atoms with van der Waals surface area (Å²) in [6, 6.07) is 13.6. The lowest BCUT2D eigenvalue weighted by Crippen LogP contribution is -2.34. The monoisotopic (exact) mass is 306 g/mol. The Morgan fingerprint density at radius 1 is 1.17 bits per heavy atom. The lowest BCUT2D eigenvalue weighted by molar-refractivity contribution is 0.250. The lowest BCUT2D eigenvalue weighted by atomic mass is 10.0. The molecule has 3 N–H and O–H groups in total. The highest BCUT2D eigenvalue weighted by molar-refractivity contribution is 5.81. The molecule has 1 aliphatic heterocycles. The number of hydrogen-bond donors (Lipinski definition) is 2. The second-order valence-corrected chi connectivity index (χ2v) is 6.34. The van der Waals surface area contributed by atoms with Crippen molar-refractivity contribution in [3.05, 3.63) is 54.4 Å². The third kappa shape index (κ3) is 2.87. The number of rotatable bonds is 4. The van der Waals surface area contributed by atoms with E-state index in [2.05, 4.69) is 51.3 Å². The Labute approximate surface area is 136 Å². The minimum Gasteiger partial charge on any atom is -0.346 e. The summed E-state index contributed by atoms with van der Waals surface area (Å²) in [5.74, 6) is 0. The highest BCUT2D eigenvalue weighted by atomic mass is 15.2. The van der Waals surface area contributed by atoms with Gasteiger partial charge in [0.15, 0.2) is 0 Å². The Bertz CT molecular complexity index is 790. The number of nitrogens with one attached hydrogen (secondary N) is 1. The smallest absolute Gasteiger partial charge is 0.137 e. The molecule has 1 atom stereocenters. The van der Waals surface area contributed by atoms with Gasteiger partial charge in [0.1, 0.15) is 5.65 Å². The van der Waals surface area contributed by atoms with Crippen LogP contribution in [0.5, 0.6) is 0 Å². The summed E-state index contributed by atoms with van der Waals surface area (Å²) in [5, 5.41) is 1.15. The Morgan fingerprint density at radius 3 is 2.87 bits per heavy atom. The number of fused-ring (bicyclic) bond motifs is 1. The summed E-state index contributed by atoms with van der Waals surface area (Å²) in [4.78, 5) is 10.1. The molecule has 0 amide bonds. The molecule has 0 bridgehead atoms. The SMILES string of the molecule is NCC1CCCN1Cc1ccc(-c2cnc3[nH]ccc3c2)cc1. The number of pyridine rings is 1. The average molecular weight is 306 g/mol. The first-order chi connectivity index (χ1) is 11.3. The summed E-state index contributed by atoms with van der Waals surface area (Å²) >= 11 is 0. The number of aromatic amines is 1. The average Bonchev–Trinajstić information content (AvgIpc) is 3.23. The summed E-state index contributed by atoms with van der Waals surface area (Å²) in [6.07, 6.45) is 6.35. The predicted molar refractivity (Wildman–Crippen MR) is 94.0 cm³/mol. The van der Waals surface area contributed by atoms with E-state index < -0.39 is 0 Å². The van der Waals surface area contributed by atoms with Crippen LogP contribution in [0.3, 0.4) is 0 Å².